The van der Waals surface area contributed by atoms with Crippen molar-refractivity contribution in [1.29, 1.82) is 0 Å². The summed E-state index contributed by atoms with van der Waals surface area (Å²) in [6.07, 6.45) is 2.16. The zero-order valence-corrected chi connectivity index (χ0v) is 23.5. The van der Waals surface area contributed by atoms with E-state index in [9.17, 15) is 0 Å². The van der Waals surface area contributed by atoms with Crippen molar-refractivity contribution < 1.29 is 4.42 Å². The molecule has 194 valence electrons. The topological polar surface area (TPSA) is 23.0 Å². The maximum atomic E-state index is 6.65. The van der Waals surface area contributed by atoms with E-state index >= 15 is 0 Å². The van der Waals surface area contributed by atoms with Crippen molar-refractivity contribution in [2.45, 2.75) is 4.90 Å². The van der Waals surface area contributed by atoms with Crippen LogP contribution in [0.5, 0.6) is 0 Å². The lowest BCUT2D eigenvalue weighted by Gasteiger charge is -2.34. The third-order valence-corrected chi connectivity index (χ3v) is 10.5. The summed E-state index contributed by atoms with van der Waals surface area (Å²) in [6.45, 7) is 0.0471. The van der Waals surface area contributed by atoms with Gasteiger partial charge < -0.3 is 13.5 Å². The summed E-state index contributed by atoms with van der Waals surface area (Å²) in [6, 6.07) is 40.4. The summed E-state index contributed by atoms with van der Waals surface area (Å²) >= 11 is 1.80. The fourth-order valence-corrected chi connectivity index (χ4v) is 8.67. The van der Waals surface area contributed by atoms with E-state index in [0.717, 1.165) is 11.2 Å². The van der Waals surface area contributed by atoms with Crippen molar-refractivity contribution in [1.82, 2.24) is 9.05 Å². The highest BCUT2D eigenvalue weighted by Gasteiger charge is 2.42. The smallest absolute Gasteiger partial charge is 0.333 e. The molecule has 5 heteroatoms. The average Bonchev–Trinajstić information content (AvgIpc) is 3.69. The maximum absolute atomic E-state index is 6.65. The molecule has 0 saturated carbocycles. The Hall–Kier alpha value is -4.87. The molecule has 5 heterocycles. The third kappa shape index (κ3) is 2.34. The van der Waals surface area contributed by atoms with Crippen molar-refractivity contribution in [3.8, 4) is 16.8 Å². The summed E-state index contributed by atoms with van der Waals surface area (Å²) in [4.78, 5) is 1.28. The molecule has 0 fully saturated rings. The highest BCUT2D eigenvalue weighted by Crippen LogP contribution is 2.46. The fourth-order valence-electron chi connectivity index (χ4n) is 8.23. The zero-order chi connectivity index (χ0) is 27.3. The molecule has 2 aliphatic heterocycles. The lowest BCUT2D eigenvalue weighted by Crippen LogP contribution is -2.55. The molecule has 0 unspecified atom stereocenters. The Kier molecular flexibility index (Phi) is 3.80. The van der Waals surface area contributed by atoms with Gasteiger partial charge in [-0.2, -0.15) is 0 Å². The molecule has 3 aromatic heterocycles. The van der Waals surface area contributed by atoms with Gasteiger partial charge in [-0.15, -0.1) is 11.8 Å². The highest BCUT2D eigenvalue weighted by molar-refractivity contribution is 7.98. The summed E-state index contributed by atoms with van der Waals surface area (Å²) in [7, 11) is 0. The Morgan fingerprint density at radius 3 is 2.31 bits per heavy atom. The van der Waals surface area contributed by atoms with Crippen LogP contribution in [0.4, 0.5) is 0 Å². The van der Waals surface area contributed by atoms with Gasteiger partial charge in [0.05, 0.1) is 22.1 Å². The van der Waals surface area contributed by atoms with Crippen LogP contribution in [-0.4, -0.2) is 22.1 Å². The van der Waals surface area contributed by atoms with Crippen LogP contribution >= 0.6 is 11.8 Å². The first-order valence-electron chi connectivity index (χ1n) is 14.4. The number of nitrogens with zero attached hydrogens (tertiary/aromatic N) is 2. The quantitative estimate of drug-likeness (QED) is 0.151. The number of furan rings is 1. The van der Waals surface area contributed by atoms with Crippen molar-refractivity contribution in [3.63, 3.8) is 0 Å². The number of hydrogen-bond donors (Lipinski definition) is 0. The Morgan fingerprint density at radius 1 is 0.619 bits per heavy atom. The first-order valence-corrected chi connectivity index (χ1v) is 15.7. The Bertz CT molecular complexity index is 2690. The van der Waals surface area contributed by atoms with Gasteiger partial charge in [0.15, 0.2) is 0 Å². The molecular weight excluding hydrogens is 531 g/mol. The number of thioether (sulfide) groups is 1. The van der Waals surface area contributed by atoms with Gasteiger partial charge >= 0.3 is 6.85 Å². The molecule has 0 bridgehead atoms. The molecule has 0 spiro atoms. The first kappa shape index (κ1) is 21.8. The molecule has 0 atom stereocenters. The Morgan fingerprint density at radius 2 is 1.40 bits per heavy atom. The van der Waals surface area contributed by atoms with Crippen molar-refractivity contribution in [2.24, 2.45) is 0 Å². The normalized spacial score (nSPS) is 13.4. The largest absolute Gasteiger partial charge is 0.456 e. The van der Waals surface area contributed by atoms with Crippen LogP contribution in [0.3, 0.4) is 0 Å². The van der Waals surface area contributed by atoms with E-state index in [1.807, 2.05) is 0 Å². The molecule has 3 nitrogen and oxygen atoms in total. The number of benzene rings is 6. The molecule has 0 saturated heterocycles. The van der Waals surface area contributed by atoms with E-state index in [-0.39, 0.29) is 6.85 Å². The van der Waals surface area contributed by atoms with E-state index in [1.54, 1.807) is 11.8 Å². The molecule has 2 aliphatic rings. The molecule has 6 aromatic carbocycles. The van der Waals surface area contributed by atoms with Crippen molar-refractivity contribution in [3.05, 3.63) is 109 Å². The number of aromatic nitrogens is 2. The van der Waals surface area contributed by atoms with Gasteiger partial charge in [-0.1, -0.05) is 72.8 Å². The minimum Gasteiger partial charge on any atom is -0.456 e. The summed E-state index contributed by atoms with van der Waals surface area (Å²) in [5.74, 6) is 0. The summed E-state index contributed by atoms with van der Waals surface area (Å²) in [5.41, 5.74) is 13.5. The van der Waals surface area contributed by atoms with Crippen molar-refractivity contribution >= 4 is 95.1 Å². The molecule has 0 aliphatic carbocycles. The van der Waals surface area contributed by atoms with Crippen LogP contribution < -0.4 is 10.9 Å². The minimum atomic E-state index is 0.0471. The van der Waals surface area contributed by atoms with E-state index in [1.165, 1.54) is 87.0 Å². The van der Waals surface area contributed by atoms with Gasteiger partial charge in [0.2, 0.25) is 0 Å². The van der Waals surface area contributed by atoms with Crippen LogP contribution in [0.1, 0.15) is 0 Å². The van der Waals surface area contributed by atoms with Crippen LogP contribution in [0.2, 0.25) is 0 Å². The Labute approximate surface area is 245 Å². The second-order valence-corrected chi connectivity index (χ2v) is 12.5. The molecule has 42 heavy (non-hydrogen) atoms. The maximum Gasteiger partial charge on any atom is 0.333 e. The lowest BCUT2D eigenvalue weighted by molar-refractivity contribution is 0.669. The van der Waals surface area contributed by atoms with Crippen LogP contribution in [0.15, 0.2) is 119 Å². The van der Waals surface area contributed by atoms with Gasteiger partial charge in [-0.05, 0) is 59.1 Å². The zero-order valence-electron chi connectivity index (χ0n) is 22.7. The highest BCUT2D eigenvalue weighted by atomic mass is 32.2. The van der Waals surface area contributed by atoms with Gasteiger partial charge in [-0.3, -0.25) is 0 Å². The van der Waals surface area contributed by atoms with E-state index in [4.69, 9.17) is 4.42 Å². The number of rotatable bonds is 1. The predicted molar refractivity (Wildman–Crippen MR) is 179 cm³/mol. The molecule has 0 amide bonds. The van der Waals surface area contributed by atoms with Crippen LogP contribution in [0, 0.1) is 0 Å². The van der Waals surface area contributed by atoms with Gasteiger partial charge in [0, 0.05) is 48.4 Å². The molecular formula is C37H21BN2OS. The van der Waals surface area contributed by atoms with E-state index in [0.29, 0.717) is 0 Å². The van der Waals surface area contributed by atoms with Crippen LogP contribution in [0.25, 0.3) is 82.4 Å². The van der Waals surface area contributed by atoms with E-state index in [2.05, 4.69) is 124 Å². The fraction of sp³-hybridized carbons (Fsp3) is 0.0270. The summed E-state index contributed by atoms with van der Waals surface area (Å²) in [5, 5.41) is 7.59. The summed E-state index contributed by atoms with van der Waals surface area (Å²) < 4.78 is 11.8. The number of para-hydroxylation sites is 4. The van der Waals surface area contributed by atoms with Gasteiger partial charge in [0.1, 0.15) is 11.2 Å². The molecule has 11 rings (SSSR count). The average molecular weight is 552 g/mol. The van der Waals surface area contributed by atoms with Crippen LogP contribution in [-0.2, 0) is 0 Å². The lowest BCUT2D eigenvalue weighted by atomic mass is 9.45. The number of hydrogen-bond acceptors (Lipinski definition) is 2. The van der Waals surface area contributed by atoms with E-state index < -0.39 is 0 Å². The molecule has 9 aromatic rings. The first-order chi connectivity index (χ1) is 20.8. The predicted octanol–water partition coefficient (Wildman–Crippen LogP) is 8.46. The molecule has 0 N–H and O–H groups in total. The van der Waals surface area contributed by atoms with Gasteiger partial charge in [-0.25, -0.2) is 0 Å². The Balaban J connectivity index is 1.47. The number of fused-ring (bicyclic) bond motifs is 14. The standard InChI is InChI=1S/C37H21BN2OS/c1-42-20-16-17-29-26(18-20)23-12-7-13-28-36(23)39(29)37-33-25-9-3-5-15-31(25)41-32(33)19-27-24-11-6-10-22-21-8-2-4-14-30(21)40(35(22)24)38(28)34(27)37/h2-19H,1H3. The van der Waals surface area contributed by atoms with Crippen molar-refractivity contribution in [2.75, 3.05) is 6.26 Å². The van der Waals surface area contributed by atoms with Gasteiger partial charge in [0.25, 0.3) is 0 Å². The second kappa shape index (κ2) is 7.31. The third-order valence-electron chi connectivity index (χ3n) is 9.78. The molecule has 0 radical (unpaired) electrons. The SMILES string of the molecule is CSc1ccc2c(c1)c1cccc3c1n2-c1c2c(cc4oc5ccccc5c14)-c1cccc4c5ccccc5n(c14)B23. The second-order valence-electron chi connectivity index (χ2n) is 11.6. The monoisotopic (exact) mass is 552 g/mol. The minimum absolute atomic E-state index is 0.0471.